The molecule has 2 N–H and O–H groups in total. The Hall–Kier alpha value is -1.27. The molecule has 1 amide bonds. The third kappa shape index (κ3) is 2.59. The van der Waals surface area contributed by atoms with E-state index in [1.807, 2.05) is 5.32 Å². The maximum absolute atomic E-state index is 12.1. The summed E-state index contributed by atoms with van der Waals surface area (Å²) in [6.45, 7) is 4.85. The lowest BCUT2D eigenvalue weighted by molar-refractivity contribution is -0.177. The minimum absolute atomic E-state index is 0.273. The highest BCUT2D eigenvalue weighted by Crippen LogP contribution is 2.52. The molecule has 0 saturated heterocycles. The van der Waals surface area contributed by atoms with Crippen LogP contribution in [0, 0.1) is 17.3 Å². The van der Waals surface area contributed by atoms with Crippen molar-refractivity contribution in [3.63, 3.8) is 0 Å². The van der Waals surface area contributed by atoms with Crippen molar-refractivity contribution in [2.45, 2.75) is 39.4 Å². The van der Waals surface area contributed by atoms with Crippen LogP contribution in [0.3, 0.4) is 0 Å². The number of halogens is 3. The summed E-state index contributed by atoms with van der Waals surface area (Å²) < 4.78 is 36.3. The topological polar surface area (TPSA) is 66.4 Å². The Bertz CT molecular complexity index is 365. The van der Waals surface area contributed by atoms with Gasteiger partial charge in [0.25, 0.3) is 0 Å². The van der Waals surface area contributed by atoms with E-state index >= 15 is 0 Å². The predicted molar refractivity (Wildman–Crippen MR) is 56.7 cm³/mol. The second kappa shape index (κ2) is 4.44. The van der Waals surface area contributed by atoms with Crippen LogP contribution < -0.4 is 5.32 Å². The summed E-state index contributed by atoms with van der Waals surface area (Å²) in [5.41, 5.74) is -0.621. The van der Waals surface area contributed by atoms with Gasteiger partial charge >= 0.3 is 18.1 Å². The molecule has 0 aromatic heterocycles. The van der Waals surface area contributed by atoms with Gasteiger partial charge in [-0.1, -0.05) is 13.8 Å². The second-order valence-electron chi connectivity index (χ2n) is 5.31. The van der Waals surface area contributed by atoms with E-state index in [9.17, 15) is 22.8 Å². The van der Waals surface area contributed by atoms with Gasteiger partial charge in [-0.15, -0.1) is 0 Å². The Kier molecular flexibility index (Phi) is 3.65. The molecule has 18 heavy (non-hydrogen) atoms. The summed E-state index contributed by atoms with van der Waals surface area (Å²) in [4.78, 5) is 21.7. The molecule has 7 heteroatoms. The van der Waals surface area contributed by atoms with Crippen LogP contribution >= 0.6 is 0 Å². The van der Waals surface area contributed by atoms with E-state index in [-0.39, 0.29) is 12.3 Å². The van der Waals surface area contributed by atoms with Gasteiger partial charge in [-0.05, 0) is 24.7 Å². The molecule has 0 bridgehead atoms. The first-order chi connectivity index (χ1) is 7.98. The minimum Gasteiger partial charge on any atom is -0.481 e. The van der Waals surface area contributed by atoms with Crippen molar-refractivity contribution in [3.05, 3.63) is 0 Å². The minimum atomic E-state index is -4.91. The number of hydrogen-bond acceptors (Lipinski definition) is 2. The van der Waals surface area contributed by atoms with Gasteiger partial charge in [0.05, 0.1) is 5.92 Å². The van der Waals surface area contributed by atoms with Crippen molar-refractivity contribution in [1.82, 2.24) is 5.32 Å². The molecule has 104 valence electrons. The summed E-state index contributed by atoms with van der Waals surface area (Å²) >= 11 is 0. The molecule has 3 atom stereocenters. The highest BCUT2D eigenvalue weighted by molar-refractivity contribution is 5.82. The standard InChI is InChI=1S/C11H16F3NO3/c1-5(15-9(18)11(12,13)14)6-4-7(8(16)17)10(6,2)3/h5-7H,4H2,1-3H3,(H,15,18)(H,16,17)/t5?,6-,7+/m0/s1. The first-order valence-electron chi connectivity index (χ1n) is 5.58. The van der Waals surface area contributed by atoms with Gasteiger partial charge < -0.3 is 10.4 Å². The van der Waals surface area contributed by atoms with Crippen LogP contribution in [0.5, 0.6) is 0 Å². The first kappa shape index (κ1) is 14.8. The summed E-state index contributed by atoms with van der Waals surface area (Å²) in [6, 6.07) is -0.704. The van der Waals surface area contributed by atoms with Gasteiger partial charge in [-0.25, -0.2) is 0 Å². The quantitative estimate of drug-likeness (QED) is 0.819. The Morgan fingerprint density at radius 3 is 2.22 bits per heavy atom. The molecule has 0 spiro atoms. The molecule has 0 heterocycles. The van der Waals surface area contributed by atoms with E-state index < -0.39 is 35.4 Å². The van der Waals surface area contributed by atoms with E-state index in [1.165, 1.54) is 6.92 Å². The highest BCUT2D eigenvalue weighted by Gasteiger charge is 2.54. The Labute approximate surface area is 103 Å². The molecule has 1 fully saturated rings. The van der Waals surface area contributed by atoms with Gasteiger partial charge in [0.15, 0.2) is 0 Å². The van der Waals surface area contributed by atoms with E-state index in [0.717, 1.165) is 0 Å². The van der Waals surface area contributed by atoms with Crippen molar-refractivity contribution in [3.8, 4) is 0 Å². The number of carboxylic acids is 1. The predicted octanol–water partition coefficient (Wildman–Crippen LogP) is 1.80. The number of hydrogen-bond donors (Lipinski definition) is 2. The summed E-state index contributed by atoms with van der Waals surface area (Å²) in [7, 11) is 0. The second-order valence-corrected chi connectivity index (χ2v) is 5.31. The monoisotopic (exact) mass is 267 g/mol. The zero-order valence-electron chi connectivity index (χ0n) is 10.3. The highest BCUT2D eigenvalue weighted by atomic mass is 19.4. The molecule has 0 aromatic rings. The summed E-state index contributed by atoms with van der Waals surface area (Å²) in [6.07, 6.45) is -4.63. The van der Waals surface area contributed by atoms with Gasteiger partial charge in [-0.2, -0.15) is 13.2 Å². The summed E-state index contributed by atoms with van der Waals surface area (Å²) in [5.74, 6) is -3.78. The smallest absolute Gasteiger partial charge is 0.471 e. The number of carboxylic acid groups (broad SMARTS) is 1. The van der Waals surface area contributed by atoms with Crippen LogP contribution in [0.1, 0.15) is 27.2 Å². The fourth-order valence-electron chi connectivity index (χ4n) is 2.62. The SMILES string of the molecule is CC(NC(=O)C(F)(F)F)[C@@H]1C[C@H](C(=O)O)C1(C)C. The Balaban J connectivity index is 2.64. The molecule has 1 saturated carbocycles. The molecule has 4 nitrogen and oxygen atoms in total. The third-order valence-electron chi connectivity index (χ3n) is 3.86. The lowest BCUT2D eigenvalue weighted by Crippen LogP contribution is -2.58. The molecular formula is C11H16F3NO3. The lowest BCUT2D eigenvalue weighted by Gasteiger charge is -2.52. The fourth-order valence-corrected chi connectivity index (χ4v) is 2.62. The lowest BCUT2D eigenvalue weighted by atomic mass is 9.52. The van der Waals surface area contributed by atoms with Crippen molar-refractivity contribution >= 4 is 11.9 Å². The molecule has 0 aromatic carbocycles. The van der Waals surface area contributed by atoms with Crippen LogP contribution in [0.2, 0.25) is 0 Å². The number of amides is 1. The van der Waals surface area contributed by atoms with Crippen LogP contribution in [0.15, 0.2) is 0 Å². The van der Waals surface area contributed by atoms with Gasteiger partial charge in [0, 0.05) is 6.04 Å². The molecular weight excluding hydrogens is 251 g/mol. The summed E-state index contributed by atoms with van der Waals surface area (Å²) in [5, 5.41) is 10.8. The number of alkyl halides is 3. The molecule has 1 aliphatic carbocycles. The zero-order valence-corrected chi connectivity index (χ0v) is 10.3. The van der Waals surface area contributed by atoms with Gasteiger partial charge in [0.1, 0.15) is 0 Å². The van der Waals surface area contributed by atoms with Gasteiger partial charge in [0.2, 0.25) is 0 Å². The zero-order chi connectivity index (χ0) is 14.3. The van der Waals surface area contributed by atoms with Crippen LogP contribution in [-0.4, -0.2) is 29.2 Å². The van der Waals surface area contributed by atoms with E-state index in [4.69, 9.17) is 5.11 Å². The Morgan fingerprint density at radius 2 is 1.89 bits per heavy atom. The van der Waals surface area contributed by atoms with Crippen molar-refractivity contribution in [2.75, 3.05) is 0 Å². The average molecular weight is 267 g/mol. The number of carbonyl (C=O) groups is 2. The molecule has 1 aliphatic rings. The number of rotatable bonds is 3. The largest absolute Gasteiger partial charge is 0.481 e. The van der Waals surface area contributed by atoms with Crippen molar-refractivity contribution in [2.24, 2.45) is 17.3 Å². The molecule has 1 unspecified atom stereocenters. The maximum Gasteiger partial charge on any atom is 0.471 e. The number of nitrogens with one attached hydrogen (secondary N) is 1. The van der Waals surface area contributed by atoms with E-state index in [1.54, 1.807) is 13.8 Å². The van der Waals surface area contributed by atoms with Crippen LogP contribution in [0.4, 0.5) is 13.2 Å². The number of aliphatic carboxylic acids is 1. The molecule has 1 rings (SSSR count). The normalized spacial score (nSPS) is 28.1. The van der Waals surface area contributed by atoms with Crippen molar-refractivity contribution in [1.29, 1.82) is 0 Å². The van der Waals surface area contributed by atoms with Crippen molar-refractivity contribution < 1.29 is 27.9 Å². The van der Waals surface area contributed by atoms with Crippen LogP contribution in [-0.2, 0) is 9.59 Å². The maximum atomic E-state index is 12.1. The van der Waals surface area contributed by atoms with E-state index in [0.29, 0.717) is 0 Å². The number of carbonyl (C=O) groups excluding carboxylic acids is 1. The first-order valence-corrected chi connectivity index (χ1v) is 5.58. The fraction of sp³-hybridized carbons (Fsp3) is 0.818. The van der Waals surface area contributed by atoms with Crippen LogP contribution in [0.25, 0.3) is 0 Å². The van der Waals surface area contributed by atoms with Gasteiger partial charge in [-0.3, -0.25) is 9.59 Å². The molecule has 0 radical (unpaired) electrons. The van der Waals surface area contributed by atoms with E-state index in [2.05, 4.69) is 0 Å². The average Bonchev–Trinajstić information content (AvgIpc) is 2.13. The Morgan fingerprint density at radius 1 is 1.39 bits per heavy atom. The molecule has 0 aliphatic heterocycles. The third-order valence-corrected chi connectivity index (χ3v) is 3.86.